The van der Waals surface area contributed by atoms with Crippen molar-refractivity contribution in [3.63, 3.8) is 0 Å². The fourth-order valence-electron chi connectivity index (χ4n) is 6.75. The monoisotopic (exact) mass is 494 g/mol. The van der Waals surface area contributed by atoms with Crippen molar-refractivity contribution >= 4 is 23.4 Å². The van der Waals surface area contributed by atoms with Gasteiger partial charge in [0.2, 0.25) is 17.7 Å². The van der Waals surface area contributed by atoms with Gasteiger partial charge in [-0.3, -0.25) is 19.3 Å². The molecular weight excluding hydrogens is 464 g/mol. The molecule has 0 unspecified atom stereocenters. The van der Waals surface area contributed by atoms with E-state index in [4.69, 9.17) is 4.74 Å². The Morgan fingerprint density at radius 2 is 1.32 bits per heavy atom. The predicted molar refractivity (Wildman–Crippen MR) is 140 cm³/mol. The second kappa shape index (κ2) is 9.18. The molecule has 0 aromatic heterocycles. The molecule has 6 nitrogen and oxygen atoms in total. The third-order valence-corrected chi connectivity index (χ3v) is 8.29. The number of imide groups is 1. The summed E-state index contributed by atoms with van der Waals surface area (Å²) in [5.41, 5.74) is 5.02. The highest BCUT2D eigenvalue weighted by atomic mass is 16.5. The van der Waals surface area contributed by atoms with Crippen LogP contribution in [0.1, 0.15) is 60.3 Å². The van der Waals surface area contributed by atoms with Crippen molar-refractivity contribution in [3.05, 3.63) is 95.1 Å². The SMILES string of the molecule is CCCC[C@@H](C(=O)Nc1ccccc1OC)N1C(=O)[C@H]2C3c4ccccc4C(c4ccccc43)[C@@H]2C1=O. The predicted octanol–water partition coefficient (Wildman–Crippen LogP) is 5.08. The molecule has 0 radical (unpaired) electrons. The first kappa shape index (κ1) is 23.5. The molecule has 0 saturated carbocycles. The molecule has 6 heteroatoms. The molecule has 4 aliphatic rings. The molecule has 2 bridgehead atoms. The van der Waals surface area contributed by atoms with Crippen LogP contribution in [-0.4, -0.2) is 35.8 Å². The van der Waals surface area contributed by atoms with Crippen molar-refractivity contribution in [2.45, 2.75) is 44.1 Å². The van der Waals surface area contributed by atoms with Gasteiger partial charge in [0.1, 0.15) is 11.8 Å². The van der Waals surface area contributed by atoms with Gasteiger partial charge in [0.15, 0.2) is 0 Å². The molecule has 0 spiro atoms. The van der Waals surface area contributed by atoms with Gasteiger partial charge >= 0.3 is 0 Å². The summed E-state index contributed by atoms with van der Waals surface area (Å²) >= 11 is 0. The Balaban J connectivity index is 1.40. The minimum absolute atomic E-state index is 0.187. The molecule has 7 rings (SSSR count). The highest BCUT2D eigenvalue weighted by molar-refractivity contribution is 6.11. The van der Waals surface area contributed by atoms with Crippen LogP contribution in [0.5, 0.6) is 5.75 Å². The van der Waals surface area contributed by atoms with Gasteiger partial charge in [-0.05, 0) is 40.8 Å². The van der Waals surface area contributed by atoms with Crippen molar-refractivity contribution in [3.8, 4) is 5.75 Å². The summed E-state index contributed by atoms with van der Waals surface area (Å²) in [6.45, 7) is 2.04. The van der Waals surface area contributed by atoms with Crippen LogP contribution in [0.25, 0.3) is 0 Å². The number of methoxy groups -OCH3 is 1. The maximum atomic E-state index is 14.1. The number of carbonyl (C=O) groups excluding carboxylic acids is 3. The van der Waals surface area contributed by atoms with Gasteiger partial charge < -0.3 is 10.1 Å². The molecule has 1 heterocycles. The molecule has 3 aromatic carbocycles. The zero-order valence-electron chi connectivity index (χ0n) is 21.0. The number of carbonyl (C=O) groups is 3. The third kappa shape index (κ3) is 3.50. The summed E-state index contributed by atoms with van der Waals surface area (Å²) in [5.74, 6) is -1.66. The summed E-state index contributed by atoms with van der Waals surface area (Å²) < 4.78 is 5.40. The minimum Gasteiger partial charge on any atom is -0.495 e. The van der Waals surface area contributed by atoms with Crippen LogP contribution in [0.4, 0.5) is 5.69 Å². The van der Waals surface area contributed by atoms with Crippen LogP contribution in [0.2, 0.25) is 0 Å². The Morgan fingerprint density at radius 3 is 1.81 bits per heavy atom. The van der Waals surface area contributed by atoms with E-state index < -0.39 is 17.9 Å². The summed E-state index contributed by atoms with van der Waals surface area (Å²) in [5, 5.41) is 2.93. The highest BCUT2D eigenvalue weighted by Crippen LogP contribution is 2.61. The lowest BCUT2D eigenvalue weighted by atomic mass is 9.55. The summed E-state index contributed by atoms with van der Waals surface area (Å²) in [7, 11) is 1.54. The molecule has 3 atom stereocenters. The fraction of sp³-hybridized carbons (Fsp3) is 0.323. The molecule has 1 saturated heterocycles. The summed E-state index contributed by atoms with van der Waals surface area (Å²) in [6.07, 6.45) is 2.00. The number of likely N-dealkylation sites (tertiary alicyclic amines) is 1. The van der Waals surface area contributed by atoms with E-state index in [2.05, 4.69) is 29.6 Å². The number of hydrogen-bond donors (Lipinski definition) is 1. The zero-order chi connectivity index (χ0) is 25.7. The topological polar surface area (TPSA) is 75.7 Å². The first-order valence-corrected chi connectivity index (χ1v) is 13.0. The summed E-state index contributed by atoms with van der Waals surface area (Å²) in [6, 6.07) is 22.6. The van der Waals surface area contributed by atoms with Crippen molar-refractivity contribution in [1.29, 1.82) is 0 Å². The number of nitrogens with one attached hydrogen (secondary N) is 1. The van der Waals surface area contributed by atoms with Crippen LogP contribution in [0.15, 0.2) is 72.8 Å². The number of para-hydroxylation sites is 2. The van der Waals surface area contributed by atoms with Crippen LogP contribution in [0, 0.1) is 11.8 Å². The van der Waals surface area contributed by atoms with E-state index in [1.165, 1.54) is 4.90 Å². The zero-order valence-corrected chi connectivity index (χ0v) is 21.0. The van der Waals surface area contributed by atoms with Crippen LogP contribution in [0.3, 0.4) is 0 Å². The highest BCUT2D eigenvalue weighted by Gasteiger charge is 2.62. The lowest BCUT2D eigenvalue weighted by molar-refractivity contribution is -0.147. The van der Waals surface area contributed by atoms with Crippen molar-refractivity contribution < 1.29 is 19.1 Å². The lowest BCUT2D eigenvalue weighted by Crippen LogP contribution is -2.48. The van der Waals surface area contributed by atoms with E-state index in [1.807, 2.05) is 43.3 Å². The quantitative estimate of drug-likeness (QED) is 0.465. The van der Waals surface area contributed by atoms with Crippen molar-refractivity contribution in [1.82, 2.24) is 4.90 Å². The van der Waals surface area contributed by atoms with E-state index in [0.717, 1.165) is 35.1 Å². The number of amides is 3. The van der Waals surface area contributed by atoms with E-state index in [9.17, 15) is 14.4 Å². The van der Waals surface area contributed by atoms with Gasteiger partial charge in [0.05, 0.1) is 24.6 Å². The standard InChI is InChI=1S/C31H30N2O4/c1-3-4-16-23(29(34)32-22-15-9-10-17-24(22)37-2)33-30(35)27-25-18-11-5-6-12-19(18)26(28(27)31(33)36)21-14-8-7-13-20(21)25/h5-15,17,23,25-28H,3-4,16H2,1-2H3,(H,32,34)/t23-,25?,26?,27-,28-/m0/s1. The number of benzene rings is 3. The average molecular weight is 495 g/mol. The maximum absolute atomic E-state index is 14.1. The van der Waals surface area contributed by atoms with E-state index in [0.29, 0.717) is 17.9 Å². The van der Waals surface area contributed by atoms with Gasteiger partial charge in [-0.1, -0.05) is 80.4 Å². The Bertz CT molecular complexity index is 1280. The van der Waals surface area contributed by atoms with Crippen molar-refractivity contribution in [2.75, 3.05) is 12.4 Å². The van der Waals surface area contributed by atoms with Gasteiger partial charge in [0.25, 0.3) is 0 Å². The fourth-order valence-corrected chi connectivity index (χ4v) is 6.75. The Hall–Kier alpha value is -3.93. The van der Waals surface area contributed by atoms with Crippen LogP contribution < -0.4 is 10.1 Å². The van der Waals surface area contributed by atoms with Crippen LogP contribution >= 0.6 is 0 Å². The van der Waals surface area contributed by atoms with Gasteiger partial charge in [-0.2, -0.15) is 0 Å². The molecule has 3 aromatic rings. The number of anilines is 1. The minimum atomic E-state index is -0.874. The Morgan fingerprint density at radius 1 is 0.838 bits per heavy atom. The van der Waals surface area contributed by atoms with E-state index in [1.54, 1.807) is 19.2 Å². The number of rotatable bonds is 7. The van der Waals surface area contributed by atoms with Gasteiger partial charge in [-0.15, -0.1) is 0 Å². The second-order valence-electron chi connectivity index (χ2n) is 10.2. The number of ether oxygens (including phenoxy) is 1. The normalized spacial score (nSPS) is 23.8. The largest absolute Gasteiger partial charge is 0.495 e. The smallest absolute Gasteiger partial charge is 0.247 e. The molecular formula is C31H30N2O4. The number of unbranched alkanes of at least 4 members (excludes halogenated alkanes) is 1. The van der Waals surface area contributed by atoms with Gasteiger partial charge in [-0.25, -0.2) is 0 Å². The molecule has 1 fully saturated rings. The van der Waals surface area contributed by atoms with Gasteiger partial charge in [0, 0.05) is 11.8 Å². The molecule has 1 aliphatic heterocycles. The number of nitrogens with zero attached hydrogens (tertiary/aromatic N) is 1. The lowest BCUT2D eigenvalue weighted by Gasteiger charge is -2.45. The van der Waals surface area contributed by atoms with E-state index >= 15 is 0 Å². The second-order valence-corrected chi connectivity index (χ2v) is 10.2. The Labute approximate surface area is 216 Å². The maximum Gasteiger partial charge on any atom is 0.247 e. The molecule has 3 amide bonds. The molecule has 3 aliphatic carbocycles. The van der Waals surface area contributed by atoms with Crippen LogP contribution in [-0.2, 0) is 14.4 Å². The molecule has 188 valence electrons. The Kier molecular flexibility index (Phi) is 5.82. The average Bonchev–Trinajstić information content (AvgIpc) is 3.19. The first-order valence-electron chi connectivity index (χ1n) is 13.0. The first-order chi connectivity index (χ1) is 18.1. The molecule has 37 heavy (non-hydrogen) atoms. The third-order valence-electron chi connectivity index (χ3n) is 8.29. The molecule has 1 N–H and O–H groups in total. The summed E-state index contributed by atoms with van der Waals surface area (Å²) in [4.78, 5) is 43.3. The number of hydrogen-bond acceptors (Lipinski definition) is 4. The van der Waals surface area contributed by atoms with Crippen molar-refractivity contribution in [2.24, 2.45) is 11.8 Å². The van der Waals surface area contributed by atoms with E-state index in [-0.39, 0.29) is 29.6 Å².